The summed E-state index contributed by atoms with van der Waals surface area (Å²) in [6.45, 7) is -0.408. The Labute approximate surface area is 161 Å². The van der Waals surface area contributed by atoms with E-state index in [-0.39, 0.29) is 19.5 Å². The Morgan fingerprint density at radius 2 is 1.68 bits per heavy atom. The molecule has 3 N–H and O–H groups in total. The minimum atomic E-state index is -1.18. The molecule has 8 heteroatoms. The highest BCUT2D eigenvalue weighted by molar-refractivity contribution is 5.97. The van der Waals surface area contributed by atoms with Gasteiger partial charge in [-0.3, -0.25) is 9.59 Å². The van der Waals surface area contributed by atoms with Crippen LogP contribution in [0.5, 0.6) is 11.5 Å². The van der Waals surface area contributed by atoms with Crippen molar-refractivity contribution < 1.29 is 29.3 Å². The quantitative estimate of drug-likeness (QED) is 0.690. The minimum Gasteiger partial charge on any atom is -0.480 e. The van der Waals surface area contributed by atoms with Gasteiger partial charge in [0.2, 0.25) is 5.91 Å². The van der Waals surface area contributed by atoms with Crippen LogP contribution in [0, 0.1) is 0 Å². The fourth-order valence-corrected chi connectivity index (χ4v) is 2.98. The zero-order chi connectivity index (χ0) is 20.1. The van der Waals surface area contributed by atoms with E-state index in [0.717, 1.165) is 4.90 Å². The second-order valence-corrected chi connectivity index (χ2v) is 6.41. The van der Waals surface area contributed by atoms with Crippen LogP contribution in [-0.2, 0) is 9.59 Å². The Bertz CT molecular complexity index is 853. The number of rotatable bonds is 6. The molecule has 1 fully saturated rings. The fraction of sp³-hybridized carbons (Fsp3) is 0.250. The van der Waals surface area contributed by atoms with Crippen LogP contribution in [0.25, 0.3) is 0 Å². The summed E-state index contributed by atoms with van der Waals surface area (Å²) in [5.74, 6) is -0.960. The van der Waals surface area contributed by atoms with Crippen LogP contribution in [0.3, 0.4) is 0 Å². The van der Waals surface area contributed by atoms with Gasteiger partial charge in [0.15, 0.2) is 0 Å². The number of aliphatic hydroxyl groups excluding tert-OH is 1. The Morgan fingerprint density at radius 1 is 1.04 bits per heavy atom. The first kappa shape index (κ1) is 19.4. The zero-order valence-corrected chi connectivity index (χ0v) is 14.9. The van der Waals surface area contributed by atoms with Crippen LogP contribution >= 0.6 is 0 Å². The van der Waals surface area contributed by atoms with E-state index in [0.29, 0.717) is 17.1 Å². The molecule has 0 aromatic heterocycles. The van der Waals surface area contributed by atoms with E-state index in [9.17, 15) is 19.5 Å². The van der Waals surface area contributed by atoms with Crippen molar-refractivity contribution in [2.24, 2.45) is 0 Å². The molecule has 0 saturated carbocycles. The van der Waals surface area contributed by atoms with Gasteiger partial charge in [-0.05, 0) is 36.4 Å². The third kappa shape index (κ3) is 4.66. The highest BCUT2D eigenvalue weighted by atomic mass is 16.5. The lowest BCUT2D eigenvalue weighted by Crippen LogP contribution is -2.45. The predicted octanol–water partition coefficient (Wildman–Crippen LogP) is 1.26. The molecule has 3 rings (SSSR count). The number of aliphatic carboxylic acids is 1. The number of ether oxygens (including phenoxy) is 1. The van der Waals surface area contributed by atoms with Crippen LogP contribution in [0.2, 0.25) is 0 Å². The molecule has 1 aliphatic heterocycles. The number of carboxylic acid groups (broad SMARTS) is 1. The average Bonchev–Trinajstić information content (AvgIpc) is 3.09. The van der Waals surface area contributed by atoms with Crippen molar-refractivity contribution in [1.29, 1.82) is 0 Å². The first-order valence-electron chi connectivity index (χ1n) is 8.75. The van der Waals surface area contributed by atoms with E-state index < -0.39 is 29.9 Å². The maximum atomic E-state index is 12.2. The molecule has 1 heterocycles. The van der Waals surface area contributed by atoms with Crippen LogP contribution in [0.4, 0.5) is 0 Å². The number of β-amino-alcohol motifs (C(OH)–C–C–N with tert-alkyl or cyclic N) is 1. The van der Waals surface area contributed by atoms with E-state index in [2.05, 4.69) is 5.32 Å². The van der Waals surface area contributed by atoms with Crippen molar-refractivity contribution in [3.63, 3.8) is 0 Å². The van der Waals surface area contributed by atoms with E-state index >= 15 is 0 Å². The van der Waals surface area contributed by atoms with Gasteiger partial charge in [-0.15, -0.1) is 0 Å². The molecule has 146 valence electrons. The smallest absolute Gasteiger partial charge is 0.326 e. The van der Waals surface area contributed by atoms with Crippen LogP contribution in [0.1, 0.15) is 16.8 Å². The van der Waals surface area contributed by atoms with Gasteiger partial charge in [-0.1, -0.05) is 18.2 Å². The minimum absolute atomic E-state index is 0.0160. The molecule has 2 aromatic rings. The molecule has 0 spiro atoms. The fourth-order valence-electron chi connectivity index (χ4n) is 2.98. The Morgan fingerprint density at radius 3 is 2.32 bits per heavy atom. The number of amides is 2. The van der Waals surface area contributed by atoms with Gasteiger partial charge in [-0.2, -0.15) is 0 Å². The Balaban J connectivity index is 1.54. The third-order valence-electron chi connectivity index (χ3n) is 4.38. The number of nitrogens with zero attached hydrogens (tertiary/aromatic N) is 1. The number of carbonyl (C=O) groups is 3. The number of hydrogen-bond donors (Lipinski definition) is 3. The number of likely N-dealkylation sites (tertiary alicyclic amines) is 1. The molecule has 0 bridgehead atoms. The number of hydrogen-bond acceptors (Lipinski definition) is 5. The maximum absolute atomic E-state index is 12.2. The lowest BCUT2D eigenvalue weighted by molar-refractivity contribution is -0.147. The molecule has 2 aromatic carbocycles. The summed E-state index contributed by atoms with van der Waals surface area (Å²) in [5.41, 5.74) is 0.337. The molecule has 0 radical (unpaired) electrons. The van der Waals surface area contributed by atoms with E-state index in [1.807, 2.05) is 30.3 Å². The maximum Gasteiger partial charge on any atom is 0.326 e. The van der Waals surface area contributed by atoms with E-state index in [1.165, 1.54) is 0 Å². The van der Waals surface area contributed by atoms with Gasteiger partial charge in [0.1, 0.15) is 17.5 Å². The summed E-state index contributed by atoms with van der Waals surface area (Å²) in [5, 5.41) is 21.2. The van der Waals surface area contributed by atoms with Crippen molar-refractivity contribution in [1.82, 2.24) is 10.2 Å². The van der Waals surface area contributed by atoms with Crippen molar-refractivity contribution in [3.8, 4) is 11.5 Å². The molecule has 2 amide bonds. The van der Waals surface area contributed by atoms with Crippen LogP contribution in [0.15, 0.2) is 54.6 Å². The molecule has 1 aliphatic rings. The number of benzene rings is 2. The third-order valence-corrected chi connectivity index (χ3v) is 4.38. The number of nitrogens with one attached hydrogen (secondary N) is 1. The lowest BCUT2D eigenvalue weighted by atomic mass is 10.2. The second-order valence-electron chi connectivity index (χ2n) is 6.41. The van der Waals surface area contributed by atoms with Crippen LogP contribution < -0.4 is 10.1 Å². The molecule has 1 saturated heterocycles. The summed E-state index contributed by atoms with van der Waals surface area (Å²) >= 11 is 0. The molecule has 1 unspecified atom stereocenters. The van der Waals surface area contributed by atoms with E-state index in [4.69, 9.17) is 9.84 Å². The number of para-hydroxylation sites is 1. The highest BCUT2D eigenvalue weighted by Crippen LogP contribution is 2.21. The molecule has 8 nitrogen and oxygen atoms in total. The average molecular weight is 384 g/mol. The summed E-state index contributed by atoms with van der Waals surface area (Å²) in [6, 6.07) is 14.5. The summed E-state index contributed by atoms with van der Waals surface area (Å²) < 4.78 is 5.65. The van der Waals surface area contributed by atoms with Gasteiger partial charge in [0.05, 0.1) is 12.6 Å². The normalized spacial score (nSPS) is 18.5. The van der Waals surface area contributed by atoms with Gasteiger partial charge >= 0.3 is 5.97 Å². The summed E-state index contributed by atoms with van der Waals surface area (Å²) in [6.07, 6.45) is -0.893. The highest BCUT2D eigenvalue weighted by Gasteiger charge is 2.38. The first-order valence-corrected chi connectivity index (χ1v) is 8.75. The molecular weight excluding hydrogens is 364 g/mol. The molecule has 0 aliphatic carbocycles. The topological polar surface area (TPSA) is 116 Å². The Kier molecular flexibility index (Phi) is 5.90. The standard InChI is InChI=1S/C20H20N2O6/c23-14-10-17(20(26)27)22(12-14)18(24)11-21-19(25)13-6-8-16(9-7-13)28-15-4-2-1-3-5-15/h1-9,14,17,23H,10-12H2,(H,21,25)(H,26,27)/t14?,17-/m0/s1. The zero-order valence-electron chi connectivity index (χ0n) is 14.9. The van der Waals surface area contributed by atoms with Crippen molar-refractivity contribution in [2.45, 2.75) is 18.6 Å². The molecular formula is C20H20N2O6. The first-order chi connectivity index (χ1) is 13.4. The van der Waals surface area contributed by atoms with Crippen molar-refractivity contribution in [3.05, 3.63) is 60.2 Å². The number of carboxylic acids is 1. The number of carbonyl (C=O) groups excluding carboxylic acids is 2. The van der Waals surface area contributed by atoms with Crippen molar-refractivity contribution in [2.75, 3.05) is 13.1 Å². The summed E-state index contributed by atoms with van der Waals surface area (Å²) in [7, 11) is 0. The predicted molar refractivity (Wildman–Crippen MR) is 99.1 cm³/mol. The van der Waals surface area contributed by atoms with Gasteiger partial charge in [0, 0.05) is 18.5 Å². The van der Waals surface area contributed by atoms with Crippen LogP contribution in [-0.4, -0.2) is 58.1 Å². The SMILES string of the molecule is O=C(NCC(=O)N1CC(O)C[C@H]1C(=O)O)c1ccc(Oc2ccccc2)cc1. The van der Waals surface area contributed by atoms with E-state index in [1.54, 1.807) is 24.3 Å². The monoisotopic (exact) mass is 384 g/mol. The van der Waals surface area contributed by atoms with Crippen molar-refractivity contribution >= 4 is 17.8 Å². The largest absolute Gasteiger partial charge is 0.480 e. The van der Waals surface area contributed by atoms with Gasteiger partial charge in [0.25, 0.3) is 5.91 Å². The molecule has 2 atom stereocenters. The molecule has 28 heavy (non-hydrogen) atoms. The van der Waals surface area contributed by atoms with Gasteiger partial charge in [-0.25, -0.2) is 4.79 Å². The lowest BCUT2D eigenvalue weighted by Gasteiger charge is -2.21. The number of aliphatic hydroxyl groups is 1. The Hall–Kier alpha value is -3.39. The second kappa shape index (κ2) is 8.53. The van der Waals surface area contributed by atoms with Gasteiger partial charge < -0.3 is 25.2 Å². The summed E-state index contributed by atoms with van der Waals surface area (Å²) in [4.78, 5) is 36.7.